The lowest BCUT2D eigenvalue weighted by Crippen LogP contribution is -2.54. The molecule has 1 aromatic rings. The number of nitrogens with zero attached hydrogens (tertiary/aromatic N) is 2. The second-order valence-corrected chi connectivity index (χ2v) is 10.9. The predicted molar refractivity (Wildman–Crippen MR) is 137 cm³/mol. The van der Waals surface area contributed by atoms with Crippen LogP contribution in [0, 0.1) is 10.8 Å². The molecule has 1 unspecified atom stereocenters. The quantitative estimate of drug-likeness (QED) is 0.580. The minimum atomic E-state index is -0.575. The second-order valence-electron chi connectivity index (χ2n) is 10.9. The van der Waals surface area contributed by atoms with Gasteiger partial charge in [-0.05, 0) is 51.1 Å². The minimum absolute atomic E-state index is 0.0725. The third-order valence-corrected chi connectivity index (χ3v) is 6.73. The van der Waals surface area contributed by atoms with Crippen molar-refractivity contribution in [1.29, 1.82) is 0 Å². The Morgan fingerprint density at radius 2 is 1.82 bits per heavy atom. The molecular formula is C27H44N4O2. The average molecular weight is 457 g/mol. The molecule has 1 saturated heterocycles. The number of amides is 2. The Labute approximate surface area is 200 Å². The van der Waals surface area contributed by atoms with Crippen LogP contribution in [0.15, 0.2) is 35.3 Å². The van der Waals surface area contributed by atoms with Gasteiger partial charge in [0.05, 0.1) is 0 Å². The van der Waals surface area contributed by atoms with E-state index in [0.29, 0.717) is 19.0 Å². The van der Waals surface area contributed by atoms with E-state index >= 15 is 0 Å². The van der Waals surface area contributed by atoms with Gasteiger partial charge in [0, 0.05) is 43.7 Å². The summed E-state index contributed by atoms with van der Waals surface area (Å²) in [6.07, 6.45) is 3.53. The second kappa shape index (κ2) is 11.8. The van der Waals surface area contributed by atoms with E-state index in [1.165, 1.54) is 0 Å². The van der Waals surface area contributed by atoms with Crippen LogP contribution in [-0.2, 0) is 9.59 Å². The summed E-state index contributed by atoms with van der Waals surface area (Å²) in [5.41, 5.74) is 1.47. The Morgan fingerprint density at radius 3 is 2.39 bits per heavy atom. The third-order valence-electron chi connectivity index (χ3n) is 6.73. The molecular weight excluding hydrogens is 412 g/mol. The highest BCUT2D eigenvalue weighted by molar-refractivity contribution is 5.98. The summed E-state index contributed by atoms with van der Waals surface area (Å²) in [6.45, 7) is 14.9. The van der Waals surface area contributed by atoms with Crippen molar-refractivity contribution in [2.24, 2.45) is 15.8 Å². The zero-order valence-electron chi connectivity index (χ0n) is 21.7. The fourth-order valence-corrected chi connectivity index (χ4v) is 4.60. The number of aliphatic imine (C=N–C) groups is 1. The Morgan fingerprint density at radius 1 is 1.15 bits per heavy atom. The molecule has 33 heavy (non-hydrogen) atoms. The molecule has 0 saturated carbocycles. The number of nitrogens with one attached hydrogen (secondary N) is 2. The Hall–Kier alpha value is -2.21. The van der Waals surface area contributed by atoms with Crippen LogP contribution in [0.4, 0.5) is 0 Å². The lowest BCUT2D eigenvalue weighted by atomic mass is 9.78. The van der Waals surface area contributed by atoms with Gasteiger partial charge in [0.1, 0.15) is 6.04 Å². The summed E-state index contributed by atoms with van der Waals surface area (Å²) in [6, 6.07) is 10.0. The normalized spacial score (nSPS) is 21.4. The van der Waals surface area contributed by atoms with Crippen LogP contribution in [0.1, 0.15) is 72.8 Å². The van der Waals surface area contributed by atoms with Crippen molar-refractivity contribution < 1.29 is 9.59 Å². The molecule has 1 aliphatic heterocycles. The highest BCUT2D eigenvalue weighted by atomic mass is 16.2. The molecule has 0 spiro atoms. The van der Waals surface area contributed by atoms with Gasteiger partial charge in [-0.15, -0.1) is 0 Å². The third kappa shape index (κ3) is 7.95. The number of rotatable bonds is 8. The summed E-state index contributed by atoms with van der Waals surface area (Å²) in [5, 5.41) is 5.74. The molecule has 1 aliphatic rings. The van der Waals surface area contributed by atoms with Crippen LogP contribution in [-0.4, -0.2) is 61.2 Å². The van der Waals surface area contributed by atoms with Crippen molar-refractivity contribution in [2.75, 3.05) is 26.7 Å². The van der Waals surface area contributed by atoms with Crippen LogP contribution in [0.3, 0.4) is 0 Å². The van der Waals surface area contributed by atoms with E-state index in [0.717, 1.165) is 43.6 Å². The van der Waals surface area contributed by atoms with E-state index < -0.39 is 6.04 Å². The van der Waals surface area contributed by atoms with Gasteiger partial charge in [0.15, 0.2) is 0 Å². The molecule has 2 N–H and O–H groups in total. The minimum Gasteiger partial charge on any atom is -0.357 e. The Balaban J connectivity index is 2.30. The molecule has 0 aliphatic carbocycles. The Bertz CT molecular complexity index is 813. The number of hydrogen-bond acceptors (Lipinski definition) is 4. The fourth-order valence-electron chi connectivity index (χ4n) is 4.60. The van der Waals surface area contributed by atoms with Crippen LogP contribution in [0.2, 0.25) is 0 Å². The van der Waals surface area contributed by atoms with Crippen LogP contribution in [0.5, 0.6) is 0 Å². The van der Waals surface area contributed by atoms with Crippen molar-refractivity contribution in [2.45, 2.75) is 79.3 Å². The van der Waals surface area contributed by atoms with Crippen molar-refractivity contribution in [3.63, 3.8) is 0 Å². The smallest absolute Gasteiger partial charge is 0.242 e. The molecule has 0 aromatic heterocycles. The van der Waals surface area contributed by atoms with Crippen molar-refractivity contribution in [3.8, 4) is 0 Å². The summed E-state index contributed by atoms with van der Waals surface area (Å²) < 4.78 is 0. The highest BCUT2D eigenvalue weighted by Gasteiger charge is 2.39. The molecule has 1 heterocycles. The number of likely N-dealkylation sites (N-methyl/N-ethyl adjacent to an activating group) is 1. The van der Waals surface area contributed by atoms with Gasteiger partial charge in [-0.3, -0.25) is 14.6 Å². The number of carbonyl (C=O) groups excluding carboxylic acids is 2. The van der Waals surface area contributed by atoms with Gasteiger partial charge in [-0.25, -0.2) is 0 Å². The molecule has 184 valence electrons. The van der Waals surface area contributed by atoms with E-state index in [4.69, 9.17) is 4.99 Å². The molecule has 6 heteroatoms. The van der Waals surface area contributed by atoms with Crippen LogP contribution < -0.4 is 10.6 Å². The molecule has 1 fully saturated rings. The first kappa shape index (κ1) is 27.0. The van der Waals surface area contributed by atoms with Crippen LogP contribution >= 0.6 is 0 Å². The van der Waals surface area contributed by atoms with Gasteiger partial charge in [0.25, 0.3) is 0 Å². The molecule has 2 rings (SSSR count). The average Bonchev–Trinajstić information content (AvgIpc) is 2.98. The molecule has 2 atom stereocenters. The number of benzene rings is 1. The summed E-state index contributed by atoms with van der Waals surface area (Å²) in [7, 11) is 1.61. The largest absolute Gasteiger partial charge is 0.357 e. The predicted octanol–water partition coefficient (Wildman–Crippen LogP) is 4.04. The topological polar surface area (TPSA) is 73.8 Å². The standard InChI is InChI=1S/C27H44N4O2/c1-20(2)31-16-12-11-15-27(19-31,18-29-21(3)22-13-9-8-10-14-22)17-23(32)30-24(25(33)28-7)26(4,5)6/h8-10,13-14,20,24H,11-12,15-19H2,1-7H3,(H,28,33)(H,30,32)/t24-,27?/m1/s1. The molecule has 6 nitrogen and oxygen atoms in total. The van der Waals surface area contributed by atoms with Gasteiger partial charge in [-0.2, -0.15) is 0 Å². The van der Waals surface area contributed by atoms with Gasteiger partial charge < -0.3 is 15.5 Å². The van der Waals surface area contributed by atoms with E-state index in [2.05, 4.69) is 41.5 Å². The fraction of sp³-hybridized carbons (Fsp3) is 0.667. The maximum absolute atomic E-state index is 13.3. The van der Waals surface area contributed by atoms with E-state index in [1.807, 2.05) is 45.9 Å². The lowest BCUT2D eigenvalue weighted by molar-refractivity contribution is -0.132. The SMILES string of the molecule is CNC(=O)[C@@H](NC(=O)CC1(CN=C(C)c2ccccc2)CCCCN(C(C)C)C1)C(C)(C)C. The van der Waals surface area contributed by atoms with Crippen molar-refractivity contribution in [3.05, 3.63) is 35.9 Å². The number of carbonyl (C=O) groups is 2. The maximum atomic E-state index is 13.3. The van der Waals surface area contributed by atoms with Crippen molar-refractivity contribution >= 4 is 17.5 Å². The van der Waals surface area contributed by atoms with Gasteiger partial charge in [0.2, 0.25) is 11.8 Å². The first-order valence-corrected chi connectivity index (χ1v) is 12.3. The first-order chi connectivity index (χ1) is 15.5. The van der Waals surface area contributed by atoms with E-state index in [1.54, 1.807) is 7.05 Å². The lowest BCUT2D eigenvalue weighted by Gasteiger charge is -2.38. The van der Waals surface area contributed by atoms with Gasteiger partial charge in [-0.1, -0.05) is 57.5 Å². The van der Waals surface area contributed by atoms with E-state index in [-0.39, 0.29) is 22.6 Å². The molecule has 2 amide bonds. The molecule has 0 bridgehead atoms. The molecule has 1 aromatic carbocycles. The zero-order valence-corrected chi connectivity index (χ0v) is 21.7. The summed E-state index contributed by atoms with van der Waals surface area (Å²) in [5.74, 6) is -0.232. The maximum Gasteiger partial charge on any atom is 0.242 e. The summed E-state index contributed by atoms with van der Waals surface area (Å²) >= 11 is 0. The van der Waals surface area contributed by atoms with Crippen molar-refractivity contribution in [1.82, 2.24) is 15.5 Å². The van der Waals surface area contributed by atoms with Crippen LogP contribution in [0.25, 0.3) is 0 Å². The zero-order chi connectivity index (χ0) is 24.6. The number of likely N-dealkylation sites (tertiary alicyclic amines) is 1. The summed E-state index contributed by atoms with van der Waals surface area (Å²) in [4.78, 5) is 33.3. The Kier molecular flexibility index (Phi) is 9.65. The highest BCUT2D eigenvalue weighted by Crippen LogP contribution is 2.35. The first-order valence-electron chi connectivity index (χ1n) is 12.3. The monoisotopic (exact) mass is 456 g/mol. The van der Waals surface area contributed by atoms with Gasteiger partial charge >= 0.3 is 0 Å². The van der Waals surface area contributed by atoms with E-state index in [9.17, 15) is 9.59 Å². The molecule has 0 radical (unpaired) electrons. The number of hydrogen-bond donors (Lipinski definition) is 2.